The minimum Gasteiger partial charge on any atom is -0.380 e. The molecule has 1 unspecified atom stereocenters. The summed E-state index contributed by atoms with van der Waals surface area (Å²) in [6, 6.07) is 24.1. The van der Waals surface area contributed by atoms with Crippen LogP contribution >= 0.6 is 0 Å². The second kappa shape index (κ2) is 8.24. The van der Waals surface area contributed by atoms with Crippen molar-refractivity contribution in [2.75, 3.05) is 4.90 Å². The molecular weight excluding hydrogens is 346 g/mol. The monoisotopic (exact) mass is 371 g/mol. The van der Waals surface area contributed by atoms with Gasteiger partial charge in [0.15, 0.2) is 5.78 Å². The van der Waals surface area contributed by atoms with E-state index in [1.54, 1.807) is 19.1 Å². The smallest absolute Gasteiger partial charge is 0.190 e. The maximum Gasteiger partial charge on any atom is 0.190 e. The molecule has 0 spiro atoms. The van der Waals surface area contributed by atoms with Crippen LogP contribution in [0.1, 0.15) is 29.7 Å². The molecule has 0 aliphatic heterocycles. The van der Waals surface area contributed by atoms with Crippen LogP contribution in [-0.2, 0) is 4.79 Å². The Morgan fingerprint density at radius 2 is 1.14 bits per heavy atom. The van der Waals surface area contributed by atoms with Crippen molar-refractivity contribution in [3.63, 3.8) is 0 Å². The number of ketones is 1. The quantitative estimate of drug-likeness (QED) is 0.544. The zero-order valence-electron chi connectivity index (χ0n) is 16.5. The maximum absolute atomic E-state index is 12.0. The van der Waals surface area contributed by atoms with Gasteiger partial charge in [0.05, 0.1) is 0 Å². The van der Waals surface area contributed by atoms with Gasteiger partial charge in [0.2, 0.25) is 0 Å². The van der Waals surface area contributed by atoms with Crippen LogP contribution in [0.15, 0.2) is 84.9 Å². The molecule has 0 amide bonds. The van der Waals surface area contributed by atoms with Crippen molar-refractivity contribution < 1.29 is 9.90 Å². The van der Waals surface area contributed by atoms with Gasteiger partial charge in [0, 0.05) is 17.1 Å². The van der Waals surface area contributed by atoms with Gasteiger partial charge >= 0.3 is 0 Å². The van der Waals surface area contributed by atoms with Crippen molar-refractivity contribution in [1.82, 2.24) is 0 Å². The molecule has 0 saturated carbocycles. The first kappa shape index (κ1) is 19.6. The van der Waals surface area contributed by atoms with Crippen molar-refractivity contribution in [3.05, 3.63) is 102 Å². The Labute approximate surface area is 166 Å². The summed E-state index contributed by atoms with van der Waals surface area (Å²) in [7, 11) is 0. The number of aliphatic hydroxyl groups excluding tert-OH is 1. The molecule has 0 radical (unpaired) electrons. The number of rotatable bonds is 6. The molecule has 3 heteroatoms. The fraction of sp³-hybridized carbons (Fsp3) is 0.160. The molecule has 3 nitrogen and oxygen atoms in total. The third-order valence-corrected chi connectivity index (χ3v) is 4.72. The van der Waals surface area contributed by atoms with Crippen molar-refractivity contribution in [2.45, 2.75) is 26.9 Å². The number of aryl methyl sites for hydroxylation is 2. The normalized spacial score (nSPS) is 11.7. The van der Waals surface area contributed by atoms with E-state index < -0.39 is 6.10 Å². The highest BCUT2D eigenvalue weighted by atomic mass is 16.3. The van der Waals surface area contributed by atoms with E-state index in [0.29, 0.717) is 11.1 Å². The first-order valence-corrected chi connectivity index (χ1v) is 9.28. The van der Waals surface area contributed by atoms with Crippen molar-refractivity contribution in [3.8, 4) is 0 Å². The molecule has 0 fully saturated rings. The summed E-state index contributed by atoms with van der Waals surface area (Å²) in [5, 5.41) is 10.3. The van der Waals surface area contributed by atoms with E-state index in [9.17, 15) is 9.90 Å². The number of nitrogens with zero attached hydrogens (tertiary/aromatic N) is 1. The Bertz CT molecular complexity index is 925. The minimum absolute atomic E-state index is 0.345. The average molecular weight is 371 g/mol. The van der Waals surface area contributed by atoms with Gasteiger partial charge in [0.25, 0.3) is 0 Å². The lowest BCUT2D eigenvalue weighted by Gasteiger charge is -2.26. The second-order valence-electron chi connectivity index (χ2n) is 7.15. The summed E-state index contributed by atoms with van der Waals surface area (Å²) in [6.07, 6.45) is -1.18. The van der Waals surface area contributed by atoms with Crippen LogP contribution in [0.4, 0.5) is 17.1 Å². The molecule has 1 atom stereocenters. The molecule has 0 aliphatic rings. The summed E-state index contributed by atoms with van der Waals surface area (Å²) in [6.45, 7) is 9.36. The molecular formula is C25H25NO2. The van der Waals surface area contributed by atoms with Gasteiger partial charge in [-0.25, -0.2) is 0 Å². The van der Waals surface area contributed by atoms with E-state index in [1.807, 2.05) is 12.1 Å². The number of anilines is 3. The maximum atomic E-state index is 12.0. The fourth-order valence-corrected chi connectivity index (χ4v) is 3.03. The Morgan fingerprint density at radius 3 is 1.50 bits per heavy atom. The Morgan fingerprint density at radius 1 is 0.786 bits per heavy atom. The summed E-state index contributed by atoms with van der Waals surface area (Å²) < 4.78 is 0. The molecule has 28 heavy (non-hydrogen) atoms. The van der Waals surface area contributed by atoms with Gasteiger partial charge in [0.1, 0.15) is 6.10 Å². The van der Waals surface area contributed by atoms with Crippen LogP contribution in [-0.4, -0.2) is 10.9 Å². The highest BCUT2D eigenvalue weighted by Gasteiger charge is 2.19. The SMILES string of the molecule is C=C(C)C(=O)C(O)c1ccc(N(c2ccc(C)cc2)c2ccc(C)cc2)cc1. The number of hydrogen-bond donors (Lipinski definition) is 1. The first-order chi connectivity index (χ1) is 13.4. The molecule has 3 aromatic carbocycles. The molecule has 3 rings (SSSR count). The Kier molecular flexibility index (Phi) is 5.76. The van der Waals surface area contributed by atoms with Gasteiger partial charge in [-0.2, -0.15) is 0 Å². The van der Waals surface area contributed by atoms with E-state index in [1.165, 1.54) is 11.1 Å². The van der Waals surface area contributed by atoms with Crippen LogP contribution in [0.3, 0.4) is 0 Å². The second-order valence-corrected chi connectivity index (χ2v) is 7.15. The third kappa shape index (κ3) is 4.21. The van der Waals surface area contributed by atoms with E-state index in [-0.39, 0.29) is 5.78 Å². The van der Waals surface area contributed by atoms with Crippen LogP contribution in [0.5, 0.6) is 0 Å². The largest absolute Gasteiger partial charge is 0.380 e. The number of hydrogen-bond acceptors (Lipinski definition) is 3. The zero-order valence-corrected chi connectivity index (χ0v) is 16.5. The molecule has 1 N–H and O–H groups in total. The van der Waals surface area contributed by atoms with Gasteiger partial charge in [-0.05, 0) is 68.3 Å². The fourth-order valence-electron chi connectivity index (χ4n) is 3.03. The van der Waals surface area contributed by atoms with E-state index in [2.05, 4.69) is 73.9 Å². The predicted octanol–water partition coefficient (Wildman–Crippen LogP) is 5.95. The summed E-state index contributed by atoms with van der Waals surface area (Å²) in [4.78, 5) is 14.2. The average Bonchev–Trinajstić information content (AvgIpc) is 2.70. The third-order valence-electron chi connectivity index (χ3n) is 4.72. The topological polar surface area (TPSA) is 40.5 Å². The predicted molar refractivity (Wildman–Crippen MR) is 115 cm³/mol. The highest BCUT2D eigenvalue weighted by Crippen LogP contribution is 2.35. The molecule has 0 heterocycles. The van der Waals surface area contributed by atoms with E-state index >= 15 is 0 Å². The molecule has 0 bridgehead atoms. The lowest BCUT2D eigenvalue weighted by Crippen LogP contribution is -2.13. The van der Waals surface area contributed by atoms with Gasteiger partial charge in [-0.15, -0.1) is 0 Å². The highest BCUT2D eigenvalue weighted by molar-refractivity contribution is 5.98. The Hall–Kier alpha value is -3.17. The number of aliphatic hydroxyl groups is 1. The van der Waals surface area contributed by atoms with E-state index in [0.717, 1.165) is 17.1 Å². The lowest BCUT2D eigenvalue weighted by atomic mass is 10.0. The van der Waals surface area contributed by atoms with Crippen LogP contribution < -0.4 is 4.90 Å². The number of Topliss-reactive ketones (excluding diaryl/α,β-unsaturated/α-hetero) is 1. The van der Waals surface area contributed by atoms with Crippen molar-refractivity contribution in [2.24, 2.45) is 0 Å². The van der Waals surface area contributed by atoms with Crippen LogP contribution in [0.2, 0.25) is 0 Å². The lowest BCUT2D eigenvalue weighted by molar-refractivity contribution is -0.123. The summed E-state index contributed by atoms with van der Waals surface area (Å²) in [5.74, 6) is -0.360. The standard InChI is InChI=1S/C25H25NO2/c1-17(2)24(27)25(28)20-9-15-23(16-10-20)26(21-11-5-18(3)6-12-21)22-13-7-19(4)8-14-22/h5-16,25,28H,1H2,2-4H3. The minimum atomic E-state index is -1.18. The van der Waals surface area contributed by atoms with Crippen molar-refractivity contribution in [1.29, 1.82) is 0 Å². The molecule has 142 valence electrons. The first-order valence-electron chi connectivity index (χ1n) is 9.28. The zero-order chi connectivity index (χ0) is 20.3. The molecule has 3 aromatic rings. The van der Waals surface area contributed by atoms with E-state index in [4.69, 9.17) is 0 Å². The van der Waals surface area contributed by atoms with Gasteiger partial charge in [-0.1, -0.05) is 54.1 Å². The molecule has 0 saturated heterocycles. The van der Waals surface area contributed by atoms with Gasteiger partial charge < -0.3 is 10.0 Å². The Balaban J connectivity index is 2.01. The number of benzene rings is 3. The summed E-state index contributed by atoms with van der Waals surface area (Å²) in [5.41, 5.74) is 6.34. The van der Waals surface area contributed by atoms with Crippen LogP contribution in [0, 0.1) is 13.8 Å². The number of carbonyl (C=O) groups excluding carboxylic acids is 1. The summed E-state index contributed by atoms with van der Waals surface area (Å²) >= 11 is 0. The number of carbonyl (C=O) groups is 1. The van der Waals surface area contributed by atoms with Crippen molar-refractivity contribution >= 4 is 22.8 Å². The van der Waals surface area contributed by atoms with Gasteiger partial charge in [-0.3, -0.25) is 4.79 Å². The van der Waals surface area contributed by atoms with Crippen LogP contribution in [0.25, 0.3) is 0 Å². The molecule has 0 aromatic heterocycles. The molecule has 0 aliphatic carbocycles.